The number of hydrogen-bond donors (Lipinski definition) is 2. The van der Waals surface area contributed by atoms with Crippen LogP contribution in [0.15, 0.2) is 36.4 Å². The summed E-state index contributed by atoms with van der Waals surface area (Å²) in [4.78, 5) is 0. The summed E-state index contributed by atoms with van der Waals surface area (Å²) in [6, 6.07) is 12.1. The lowest BCUT2D eigenvalue weighted by Gasteiger charge is -2.27. The quantitative estimate of drug-likeness (QED) is 0.705. The van der Waals surface area contributed by atoms with Crippen LogP contribution < -0.4 is 0 Å². The number of rotatable bonds is 0. The van der Waals surface area contributed by atoms with Crippen LogP contribution in [0.2, 0.25) is 0 Å². The Hall–Kier alpha value is -1.38. The van der Waals surface area contributed by atoms with E-state index in [0.717, 1.165) is 28.3 Å². The lowest BCUT2D eigenvalue weighted by molar-refractivity contribution is 0.00747. The molecule has 0 spiro atoms. The number of aryl methyl sites for hydroxylation is 1. The van der Waals surface area contributed by atoms with Gasteiger partial charge in [0.2, 0.25) is 0 Å². The van der Waals surface area contributed by atoms with Crippen molar-refractivity contribution in [2.24, 2.45) is 0 Å². The van der Waals surface area contributed by atoms with Crippen LogP contribution in [0.1, 0.15) is 23.7 Å². The molecule has 0 fully saturated rings. The van der Waals surface area contributed by atoms with Crippen LogP contribution in [0.25, 0.3) is 10.8 Å². The van der Waals surface area contributed by atoms with Gasteiger partial charge in [0.15, 0.2) is 0 Å². The lowest BCUT2D eigenvalue weighted by Crippen LogP contribution is -2.25. The van der Waals surface area contributed by atoms with Gasteiger partial charge in [0, 0.05) is 0 Å². The third kappa shape index (κ3) is 1.34. The fourth-order valence-corrected chi connectivity index (χ4v) is 2.56. The third-order valence-corrected chi connectivity index (χ3v) is 3.43. The van der Waals surface area contributed by atoms with E-state index in [0.29, 0.717) is 6.42 Å². The van der Waals surface area contributed by atoms with Gasteiger partial charge in [-0.05, 0) is 34.7 Å². The summed E-state index contributed by atoms with van der Waals surface area (Å²) >= 11 is 0. The zero-order valence-corrected chi connectivity index (χ0v) is 8.93. The van der Waals surface area contributed by atoms with Crippen LogP contribution in [-0.4, -0.2) is 16.3 Å². The molecule has 0 aromatic heterocycles. The molecule has 2 aromatic carbocycles. The standard InChI is InChI=1S/C14H14O2/c15-12-8-7-10-6-5-9-3-1-2-4-11(9)13(10)14(12)16/h1-6,12,14-16H,7-8H2/t12-,14-/m0/s1. The van der Waals surface area contributed by atoms with Gasteiger partial charge >= 0.3 is 0 Å². The first-order valence-electron chi connectivity index (χ1n) is 5.64. The van der Waals surface area contributed by atoms with Gasteiger partial charge in [0.05, 0.1) is 6.10 Å². The van der Waals surface area contributed by atoms with Crippen LogP contribution in [0.5, 0.6) is 0 Å². The van der Waals surface area contributed by atoms with Crippen molar-refractivity contribution in [2.75, 3.05) is 0 Å². The Labute approximate surface area is 94.2 Å². The zero-order chi connectivity index (χ0) is 11.1. The Bertz CT molecular complexity index is 533. The number of aliphatic hydroxyl groups is 2. The van der Waals surface area contributed by atoms with E-state index in [1.807, 2.05) is 24.3 Å². The van der Waals surface area contributed by atoms with Crippen molar-refractivity contribution in [1.29, 1.82) is 0 Å². The highest BCUT2D eigenvalue weighted by Crippen LogP contribution is 2.35. The van der Waals surface area contributed by atoms with Crippen molar-refractivity contribution in [3.8, 4) is 0 Å². The minimum Gasteiger partial charge on any atom is -0.390 e. The molecule has 0 saturated carbocycles. The van der Waals surface area contributed by atoms with Crippen molar-refractivity contribution < 1.29 is 10.2 Å². The molecule has 82 valence electrons. The summed E-state index contributed by atoms with van der Waals surface area (Å²) in [6.45, 7) is 0. The summed E-state index contributed by atoms with van der Waals surface area (Å²) in [7, 11) is 0. The third-order valence-electron chi connectivity index (χ3n) is 3.43. The SMILES string of the molecule is O[C@@H]1c2c(ccc3ccccc23)CC[C@@H]1O. The second kappa shape index (κ2) is 3.58. The molecule has 0 bridgehead atoms. The highest BCUT2D eigenvalue weighted by atomic mass is 16.3. The largest absolute Gasteiger partial charge is 0.390 e. The van der Waals surface area contributed by atoms with Gasteiger partial charge in [-0.1, -0.05) is 36.4 Å². The predicted molar refractivity (Wildman–Crippen MR) is 63.2 cm³/mol. The van der Waals surface area contributed by atoms with Gasteiger partial charge in [0.25, 0.3) is 0 Å². The second-order valence-corrected chi connectivity index (χ2v) is 4.41. The van der Waals surface area contributed by atoms with Crippen molar-refractivity contribution in [1.82, 2.24) is 0 Å². The first-order valence-corrected chi connectivity index (χ1v) is 5.64. The highest BCUT2D eigenvalue weighted by Gasteiger charge is 2.27. The molecule has 2 atom stereocenters. The Kier molecular flexibility index (Phi) is 2.20. The molecule has 0 amide bonds. The molecule has 2 heteroatoms. The van der Waals surface area contributed by atoms with E-state index in [1.165, 1.54) is 0 Å². The normalized spacial score (nSPS) is 24.4. The average molecular weight is 214 g/mol. The van der Waals surface area contributed by atoms with Crippen LogP contribution in [0.4, 0.5) is 0 Å². The summed E-state index contributed by atoms with van der Waals surface area (Å²) < 4.78 is 0. The van der Waals surface area contributed by atoms with Crippen LogP contribution >= 0.6 is 0 Å². The van der Waals surface area contributed by atoms with E-state index in [2.05, 4.69) is 12.1 Å². The van der Waals surface area contributed by atoms with Gasteiger partial charge in [-0.25, -0.2) is 0 Å². The molecule has 2 N–H and O–H groups in total. The molecular weight excluding hydrogens is 200 g/mol. The summed E-state index contributed by atoms with van der Waals surface area (Å²) in [5.41, 5.74) is 2.08. The predicted octanol–water partition coefficient (Wildman–Crippen LogP) is 2.18. The van der Waals surface area contributed by atoms with Crippen LogP contribution in [0, 0.1) is 0 Å². The van der Waals surface area contributed by atoms with Crippen LogP contribution in [0.3, 0.4) is 0 Å². The van der Waals surface area contributed by atoms with E-state index in [9.17, 15) is 10.2 Å². The second-order valence-electron chi connectivity index (χ2n) is 4.41. The van der Waals surface area contributed by atoms with E-state index in [4.69, 9.17) is 0 Å². The fourth-order valence-electron chi connectivity index (χ4n) is 2.56. The first kappa shape index (κ1) is 9.82. The van der Waals surface area contributed by atoms with E-state index in [-0.39, 0.29) is 0 Å². The molecule has 2 nitrogen and oxygen atoms in total. The Morgan fingerprint density at radius 2 is 1.81 bits per heavy atom. The van der Waals surface area contributed by atoms with Gasteiger partial charge in [-0.3, -0.25) is 0 Å². The minimum atomic E-state index is -0.741. The average Bonchev–Trinajstić information content (AvgIpc) is 2.33. The molecule has 2 aromatic rings. The van der Waals surface area contributed by atoms with E-state index in [1.54, 1.807) is 0 Å². The number of hydrogen-bond acceptors (Lipinski definition) is 2. The van der Waals surface area contributed by atoms with Gasteiger partial charge in [-0.15, -0.1) is 0 Å². The molecule has 3 rings (SSSR count). The monoisotopic (exact) mass is 214 g/mol. The topological polar surface area (TPSA) is 40.5 Å². The number of fused-ring (bicyclic) bond motifs is 3. The van der Waals surface area contributed by atoms with Crippen molar-refractivity contribution in [2.45, 2.75) is 25.0 Å². The van der Waals surface area contributed by atoms with Gasteiger partial charge in [0.1, 0.15) is 6.10 Å². The summed E-state index contributed by atoms with van der Waals surface area (Å²) in [5, 5.41) is 22.0. The molecule has 16 heavy (non-hydrogen) atoms. The number of benzene rings is 2. The Balaban J connectivity index is 2.32. The fraction of sp³-hybridized carbons (Fsp3) is 0.286. The molecule has 0 saturated heterocycles. The van der Waals surface area contributed by atoms with Gasteiger partial charge < -0.3 is 10.2 Å². The molecule has 0 radical (unpaired) electrons. The molecule has 1 aliphatic carbocycles. The molecule has 0 aliphatic heterocycles. The maximum absolute atomic E-state index is 10.1. The van der Waals surface area contributed by atoms with E-state index < -0.39 is 12.2 Å². The maximum atomic E-state index is 10.1. The molecule has 0 heterocycles. The van der Waals surface area contributed by atoms with Gasteiger partial charge in [-0.2, -0.15) is 0 Å². The maximum Gasteiger partial charge on any atom is 0.106 e. The summed E-state index contributed by atoms with van der Waals surface area (Å²) in [6.07, 6.45) is 0.124. The molecule has 0 unspecified atom stereocenters. The summed E-state index contributed by atoms with van der Waals surface area (Å²) in [5.74, 6) is 0. The molecule has 1 aliphatic rings. The van der Waals surface area contributed by atoms with Crippen molar-refractivity contribution in [3.63, 3.8) is 0 Å². The Morgan fingerprint density at radius 1 is 1.00 bits per heavy atom. The van der Waals surface area contributed by atoms with Crippen molar-refractivity contribution >= 4 is 10.8 Å². The smallest absolute Gasteiger partial charge is 0.106 e. The zero-order valence-electron chi connectivity index (χ0n) is 8.93. The Morgan fingerprint density at radius 3 is 2.69 bits per heavy atom. The number of aliphatic hydroxyl groups excluding tert-OH is 2. The van der Waals surface area contributed by atoms with E-state index >= 15 is 0 Å². The first-order chi connectivity index (χ1) is 7.77. The highest BCUT2D eigenvalue weighted by molar-refractivity contribution is 5.87. The molecular formula is C14H14O2. The van der Waals surface area contributed by atoms with Crippen molar-refractivity contribution in [3.05, 3.63) is 47.5 Å². The van der Waals surface area contributed by atoms with Crippen LogP contribution in [-0.2, 0) is 6.42 Å². The lowest BCUT2D eigenvalue weighted by atomic mass is 9.84. The minimum absolute atomic E-state index is 0.627.